The average Bonchev–Trinajstić information content (AvgIpc) is 3.59. The summed E-state index contributed by atoms with van der Waals surface area (Å²) in [6, 6.07) is 20.1. The fourth-order valence-electron chi connectivity index (χ4n) is 4.18. The van der Waals surface area contributed by atoms with Crippen LogP contribution in [0.4, 0.5) is 0 Å². The molecule has 1 aromatic carbocycles. The lowest BCUT2D eigenvalue weighted by molar-refractivity contribution is 0.483. The van der Waals surface area contributed by atoms with Crippen LogP contribution in [0.5, 0.6) is 0 Å². The lowest BCUT2D eigenvalue weighted by Crippen LogP contribution is -2.02. The molecule has 0 unspecified atom stereocenters. The van der Waals surface area contributed by atoms with Crippen LogP contribution < -0.4 is 0 Å². The number of nitrogens with zero attached hydrogens (tertiary/aromatic N) is 2. The summed E-state index contributed by atoms with van der Waals surface area (Å²) in [5, 5.41) is 0. The second-order valence-corrected chi connectivity index (χ2v) is 9.42. The molecule has 166 valence electrons. The minimum Gasteiger partial charge on any atom is -0.355 e. The molecule has 0 aliphatic carbocycles. The van der Waals surface area contributed by atoms with Gasteiger partial charge in [0.15, 0.2) is 0 Å². The third-order valence-electron chi connectivity index (χ3n) is 5.65. The molecule has 2 aliphatic rings. The van der Waals surface area contributed by atoms with Crippen molar-refractivity contribution in [3.63, 3.8) is 0 Å². The zero-order valence-corrected chi connectivity index (χ0v) is 18.5. The summed E-state index contributed by atoms with van der Waals surface area (Å²) < 4.78 is 34.2. The number of benzene rings is 1. The van der Waals surface area contributed by atoms with Crippen molar-refractivity contribution in [1.29, 1.82) is 0 Å². The highest BCUT2D eigenvalue weighted by Crippen LogP contribution is 2.35. The zero-order chi connectivity index (χ0) is 23.3. The number of H-pyrrole nitrogens is 2. The largest absolute Gasteiger partial charge is 0.355 e. The van der Waals surface area contributed by atoms with Gasteiger partial charge in [0.25, 0.3) is 10.1 Å². The quantitative estimate of drug-likeness (QED) is 0.289. The van der Waals surface area contributed by atoms with Crippen molar-refractivity contribution >= 4 is 56.5 Å². The monoisotopic (exact) mass is 466 g/mol. The number of aromatic amines is 2. The van der Waals surface area contributed by atoms with Crippen LogP contribution in [-0.2, 0) is 10.1 Å². The van der Waals surface area contributed by atoms with Crippen LogP contribution >= 0.6 is 0 Å². The molecule has 5 heterocycles. The Labute approximate surface area is 194 Å². The Kier molecular flexibility index (Phi) is 4.58. The van der Waals surface area contributed by atoms with Gasteiger partial charge in [-0.05, 0) is 72.8 Å². The lowest BCUT2D eigenvalue weighted by Gasteiger charge is -2.09. The summed E-state index contributed by atoms with van der Waals surface area (Å²) in [7, 11) is -4.47. The van der Waals surface area contributed by atoms with Gasteiger partial charge in [-0.15, -0.1) is 0 Å². The standard InChI is InChI=1S/C26H18N4O3S/c31-34(32,33)25-4-2-1-3-22(25)26-23-11-9-20(29-23)14-18-7-5-16(27-18)13-17-6-8-19(28-17)15-21-10-12-24(26)30-21/h1-15,27-28H,(H,31,32,33). The van der Waals surface area contributed by atoms with Crippen LogP contribution in [0.15, 0.2) is 71.6 Å². The van der Waals surface area contributed by atoms with Crippen molar-refractivity contribution in [3.05, 3.63) is 89.5 Å². The van der Waals surface area contributed by atoms with E-state index in [0.29, 0.717) is 33.9 Å². The smallest absolute Gasteiger partial charge is 0.295 e. The predicted molar refractivity (Wildman–Crippen MR) is 134 cm³/mol. The Morgan fingerprint density at radius 1 is 0.647 bits per heavy atom. The Balaban J connectivity index is 1.75. The predicted octanol–water partition coefficient (Wildman–Crippen LogP) is 5.57. The first-order valence-electron chi connectivity index (χ1n) is 10.6. The van der Waals surface area contributed by atoms with Crippen LogP contribution in [0.2, 0.25) is 0 Å². The summed E-state index contributed by atoms with van der Waals surface area (Å²) >= 11 is 0. The van der Waals surface area contributed by atoms with Crippen molar-refractivity contribution in [2.45, 2.75) is 4.90 Å². The molecule has 7 nitrogen and oxygen atoms in total. The molecule has 0 spiro atoms. The summed E-state index contributed by atoms with van der Waals surface area (Å²) in [5.41, 5.74) is 7.04. The van der Waals surface area contributed by atoms with Gasteiger partial charge in [-0.3, -0.25) is 4.55 Å². The van der Waals surface area contributed by atoms with Gasteiger partial charge in [0.2, 0.25) is 0 Å². The van der Waals surface area contributed by atoms with Crippen molar-refractivity contribution < 1.29 is 13.0 Å². The van der Waals surface area contributed by atoms with E-state index in [0.717, 1.165) is 22.1 Å². The minimum atomic E-state index is -4.47. The molecule has 3 N–H and O–H groups in total. The third-order valence-corrected chi connectivity index (χ3v) is 6.56. The fraction of sp³-hybridized carbons (Fsp3) is 0. The minimum absolute atomic E-state index is 0.194. The molecule has 0 radical (unpaired) electrons. The van der Waals surface area contributed by atoms with Crippen LogP contribution in [0.3, 0.4) is 0 Å². The SMILES string of the molecule is O=S(=O)(O)c1ccccc1-c1c2nc(cc3ccc(cc4ccc(cc5nc1C=C5)[nH]4)[nH]3)C=C2. The molecule has 34 heavy (non-hydrogen) atoms. The van der Waals surface area contributed by atoms with E-state index in [2.05, 4.69) is 9.97 Å². The summed E-state index contributed by atoms with van der Waals surface area (Å²) in [6.45, 7) is 0. The zero-order valence-electron chi connectivity index (χ0n) is 17.7. The van der Waals surface area contributed by atoms with Gasteiger partial charge >= 0.3 is 0 Å². The topological polar surface area (TPSA) is 112 Å². The van der Waals surface area contributed by atoms with Crippen LogP contribution in [0.1, 0.15) is 22.8 Å². The Morgan fingerprint density at radius 2 is 1.15 bits per heavy atom. The van der Waals surface area contributed by atoms with Gasteiger partial charge in [-0.25, -0.2) is 9.97 Å². The van der Waals surface area contributed by atoms with E-state index in [9.17, 15) is 13.0 Å². The highest BCUT2D eigenvalue weighted by molar-refractivity contribution is 7.86. The van der Waals surface area contributed by atoms with Gasteiger partial charge in [0, 0.05) is 33.2 Å². The first-order chi connectivity index (χ1) is 16.4. The van der Waals surface area contributed by atoms with E-state index in [1.165, 1.54) is 6.07 Å². The van der Waals surface area contributed by atoms with Gasteiger partial charge < -0.3 is 9.97 Å². The molecule has 6 rings (SSSR count). The second kappa shape index (κ2) is 7.65. The summed E-state index contributed by atoms with van der Waals surface area (Å²) in [5.74, 6) is 0. The van der Waals surface area contributed by atoms with E-state index in [-0.39, 0.29) is 4.90 Å². The molecule has 0 fully saturated rings. The van der Waals surface area contributed by atoms with Crippen molar-refractivity contribution in [2.24, 2.45) is 0 Å². The molecule has 2 aliphatic heterocycles. The number of aromatic nitrogens is 4. The molecular formula is C26H18N4O3S. The van der Waals surface area contributed by atoms with Crippen molar-refractivity contribution in [2.75, 3.05) is 0 Å². The Bertz CT molecular complexity index is 1700. The van der Waals surface area contributed by atoms with E-state index in [1.54, 1.807) is 18.2 Å². The van der Waals surface area contributed by atoms with Gasteiger partial charge in [-0.2, -0.15) is 8.42 Å². The molecule has 3 aromatic heterocycles. The first-order valence-corrected chi connectivity index (χ1v) is 12.0. The maximum absolute atomic E-state index is 12.2. The lowest BCUT2D eigenvalue weighted by atomic mass is 10.0. The highest BCUT2D eigenvalue weighted by Gasteiger charge is 2.21. The molecular weight excluding hydrogens is 448 g/mol. The van der Waals surface area contributed by atoms with E-state index >= 15 is 0 Å². The Hall–Kier alpha value is -4.27. The normalized spacial score (nSPS) is 12.9. The number of hydrogen-bond donors (Lipinski definition) is 3. The fourth-order valence-corrected chi connectivity index (χ4v) is 4.88. The third kappa shape index (κ3) is 3.75. The van der Waals surface area contributed by atoms with Crippen LogP contribution in [0.25, 0.3) is 57.5 Å². The highest BCUT2D eigenvalue weighted by atomic mass is 32.2. The Morgan fingerprint density at radius 3 is 1.68 bits per heavy atom. The van der Waals surface area contributed by atoms with Crippen molar-refractivity contribution in [1.82, 2.24) is 19.9 Å². The van der Waals surface area contributed by atoms with Crippen molar-refractivity contribution in [3.8, 4) is 11.1 Å². The molecule has 8 heteroatoms. The average molecular weight is 467 g/mol. The number of nitrogens with one attached hydrogen (secondary N) is 2. The maximum atomic E-state index is 12.2. The van der Waals surface area contributed by atoms with Gasteiger partial charge in [-0.1, -0.05) is 18.2 Å². The van der Waals surface area contributed by atoms with Crippen LogP contribution in [0, 0.1) is 0 Å². The molecule has 4 aromatic rings. The van der Waals surface area contributed by atoms with E-state index in [4.69, 9.17) is 9.97 Å². The number of rotatable bonds is 2. The van der Waals surface area contributed by atoms with E-state index < -0.39 is 10.1 Å². The molecule has 0 amide bonds. The molecule has 0 atom stereocenters. The summed E-state index contributed by atoms with van der Waals surface area (Å²) in [4.78, 5) is 16.0. The van der Waals surface area contributed by atoms with Gasteiger partial charge in [0.1, 0.15) is 4.90 Å². The number of hydrogen-bond acceptors (Lipinski definition) is 4. The first kappa shape index (κ1) is 20.3. The second-order valence-electron chi connectivity index (χ2n) is 8.03. The van der Waals surface area contributed by atoms with E-state index in [1.807, 2.05) is 66.8 Å². The number of fused-ring (bicyclic) bond motifs is 8. The molecule has 0 saturated carbocycles. The van der Waals surface area contributed by atoms with Crippen LogP contribution in [-0.4, -0.2) is 32.9 Å². The van der Waals surface area contributed by atoms with Gasteiger partial charge in [0.05, 0.1) is 22.8 Å². The molecule has 8 bridgehead atoms. The summed E-state index contributed by atoms with van der Waals surface area (Å²) in [6.07, 6.45) is 7.37. The molecule has 0 saturated heterocycles. The maximum Gasteiger partial charge on any atom is 0.295 e.